The number of amides is 1. The zero-order chi connectivity index (χ0) is 21.5. The average molecular weight is 399 g/mol. The number of benzene rings is 3. The summed E-state index contributed by atoms with van der Waals surface area (Å²) in [5, 5.41) is 21.2. The van der Waals surface area contributed by atoms with Crippen LogP contribution in [0.4, 0.5) is 11.4 Å². The Kier molecular flexibility index (Phi) is 6.49. The SMILES string of the molecule is C=C(C)C(=O)NCc1ccc(/N=N/c2ccc(O)c(C(=O)c3ccccc3)c2)cc1. The van der Waals surface area contributed by atoms with E-state index in [9.17, 15) is 14.7 Å². The van der Waals surface area contributed by atoms with E-state index in [1.54, 1.807) is 49.4 Å². The van der Waals surface area contributed by atoms with Crippen molar-refractivity contribution in [1.29, 1.82) is 0 Å². The highest BCUT2D eigenvalue weighted by Crippen LogP contribution is 2.27. The molecule has 6 nitrogen and oxygen atoms in total. The van der Waals surface area contributed by atoms with Gasteiger partial charge >= 0.3 is 0 Å². The largest absolute Gasteiger partial charge is 0.507 e. The lowest BCUT2D eigenvalue weighted by atomic mass is 10.0. The van der Waals surface area contributed by atoms with Crippen LogP contribution in [0.5, 0.6) is 5.75 Å². The lowest BCUT2D eigenvalue weighted by Crippen LogP contribution is -2.22. The molecule has 0 bridgehead atoms. The van der Waals surface area contributed by atoms with Gasteiger partial charge in [0, 0.05) is 17.7 Å². The number of phenols is 1. The molecule has 6 heteroatoms. The summed E-state index contributed by atoms with van der Waals surface area (Å²) in [6.07, 6.45) is 0. The fourth-order valence-electron chi connectivity index (χ4n) is 2.64. The van der Waals surface area contributed by atoms with E-state index in [4.69, 9.17) is 0 Å². The van der Waals surface area contributed by atoms with Crippen molar-refractivity contribution in [2.24, 2.45) is 10.2 Å². The predicted octanol–water partition coefficient (Wildman–Crippen LogP) is 5.23. The van der Waals surface area contributed by atoms with E-state index < -0.39 is 0 Å². The molecule has 3 aromatic carbocycles. The maximum Gasteiger partial charge on any atom is 0.246 e. The molecule has 0 fully saturated rings. The molecule has 0 heterocycles. The van der Waals surface area contributed by atoms with Gasteiger partial charge in [0.25, 0.3) is 0 Å². The summed E-state index contributed by atoms with van der Waals surface area (Å²) >= 11 is 0. The fraction of sp³-hybridized carbons (Fsp3) is 0.0833. The molecule has 150 valence electrons. The number of hydrogen-bond donors (Lipinski definition) is 2. The summed E-state index contributed by atoms with van der Waals surface area (Å²) in [5.74, 6) is -0.581. The quantitative estimate of drug-likeness (QED) is 0.324. The van der Waals surface area contributed by atoms with Crippen molar-refractivity contribution in [3.05, 3.63) is 102 Å². The fourth-order valence-corrected chi connectivity index (χ4v) is 2.64. The minimum absolute atomic E-state index is 0.107. The molecule has 0 unspecified atom stereocenters. The molecular weight excluding hydrogens is 378 g/mol. The molecule has 3 aromatic rings. The minimum Gasteiger partial charge on any atom is -0.507 e. The Hall–Kier alpha value is -4.06. The van der Waals surface area contributed by atoms with E-state index in [0.29, 0.717) is 29.1 Å². The summed E-state index contributed by atoms with van der Waals surface area (Å²) in [4.78, 5) is 24.2. The zero-order valence-electron chi connectivity index (χ0n) is 16.5. The Morgan fingerprint density at radius 1 is 0.933 bits per heavy atom. The predicted molar refractivity (Wildman–Crippen MR) is 115 cm³/mol. The second-order valence-electron chi connectivity index (χ2n) is 6.73. The molecule has 0 spiro atoms. The van der Waals surface area contributed by atoms with Gasteiger partial charge in [-0.25, -0.2) is 0 Å². The summed E-state index contributed by atoms with van der Waals surface area (Å²) in [7, 11) is 0. The molecular formula is C24H21N3O3. The number of carbonyl (C=O) groups excluding carboxylic acids is 2. The molecule has 0 aromatic heterocycles. The van der Waals surface area contributed by atoms with Crippen molar-refractivity contribution < 1.29 is 14.7 Å². The maximum absolute atomic E-state index is 12.6. The Morgan fingerprint density at radius 3 is 2.23 bits per heavy atom. The standard InChI is InChI=1S/C24H21N3O3/c1-16(2)24(30)25-15-17-8-10-19(11-9-17)26-27-20-12-13-22(28)21(14-20)23(29)18-6-4-3-5-7-18/h3-14,28H,1,15H2,2H3,(H,25,30)/b27-26+. The molecule has 0 aliphatic heterocycles. The van der Waals surface area contributed by atoms with Gasteiger partial charge in [0.1, 0.15) is 5.75 Å². The number of nitrogens with one attached hydrogen (secondary N) is 1. The Balaban J connectivity index is 1.71. The van der Waals surface area contributed by atoms with Crippen LogP contribution < -0.4 is 5.32 Å². The van der Waals surface area contributed by atoms with Crippen molar-refractivity contribution in [2.45, 2.75) is 13.5 Å². The van der Waals surface area contributed by atoms with Gasteiger partial charge in [-0.1, -0.05) is 49.0 Å². The Morgan fingerprint density at radius 2 is 1.57 bits per heavy atom. The second-order valence-corrected chi connectivity index (χ2v) is 6.73. The highest BCUT2D eigenvalue weighted by atomic mass is 16.3. The third-order valence-electron chi connectivity index (χ3n) is 4.32. The first-order valence-corrected chi connectivity index (χ1v) is 9.31. The van der Waals surface area contributed by atoms with Gasteiger partial charge < -0.3 is 10.4 Å². The molecule has 0 saturated carbocycles. The number of nitrogens with zero attached hydrogens (tertiary/aromatic N) is 2. The van der Waals surface area contributed by atoms with Crippen LogP contribution in [0.2, 0.25) is 0 Å². The van der Waals surface area contributed by atoms with E-state index in [0.717, 1.165) is 5.56 Å². The van der Waals surface area contributed by atoms with Crippen molar-refractivity contribution in [1.82, 2.24) is 5.32 Å². The van der Waals surface area contributed by atoms with E-state index in [1.807, 2.05) is 18.2 Å². The van der Waals surface area contributed by atoms with Crippen molar-refractivity contribution in [3.8, 4) is 5.75 Å². The van der Waals surface area contributed by atoms with Crippen molar-refractivity contribution >= 4 is 23.1 Å². The van der Waals surface area contributed by atoms with Crippen molar-refractivity contribution in [2.75, 3.05) is 0 Å². The number of carbonyl (C=O) groups is 2. The first-order chi connectivity index (χ1) is 14.4. The van der Waals surface area contributed by atoms with Crippen LogP contribution in [0.15, 0.2) is 95.2 Å². The number of rotatable bonds is 7. The normalized spacial score (nSPS) is 10.7. The number of azo groups is 1. The first-order valence-electron chi connectivity index (χ1n) is 9.31. The van der Waals surface area contributed by atoms with Crippen LogP contribution in [0.25, 0.3) is 0 Å². The highest BCUT2D eigenvalue weighted by Gasteiger charge is 2.14. The molecule has 1 amide bonds. The lowest BCUT2D eigenvalue weighted by Gasteiger charge is -2.05. The van der Waals surface area contributed by atoms with Gasteiger partial charge in [0.15, 0.2) is 5.78 Å². The third kappa shape index (κ3) is 5.26. The van der Waals surface area contributed by atoms with Gasteiger partial charge in [0.05, 0.1) is 16.9 Å². The second kappa shape index (κ2) is 9.43. The van der Waals surface area contributed by atoms with Gasteiger partial charge in [-0.15, -0.1) is 0 Å². The van der Waals surface area contributed by atoms with Crippen LogP contribution in [0.3, 0.4) is 0 Å². The van der Waals surface area contributed by atoms with E-state index in [1.165, 1.54) is 12.1 Å². The van der Waals surface area contributed by atoms with Crippen LogP contribution in [-0.2, 0) is 11.3 Å². The van der Waals surface area contributed by atoms with Gasteiger partial charge in [0.2, 0.25) is 5.91 Å². The summed E-state index contributed by atoms with van der Waals surface area (Å²) in [5.41, 5.74) is 3.10. The number of aromatic hydroxyl groups is 1. The first kappa shape index (κ1) is 20.7. The van der Waals surface area contributed by atoms with Crippen LogP contribution in [0, 0.1) is 0 Å². The van der Waals surface area contributed by atoms with Crippen LogP contribution >= 0.6 is 0 Å². The summed E-state index contributed by atoms with van der Waals surface area (Å²) < 4.78 is 0. The molecule has 2 N–H and O–H groups in total. The lowest BCUT2D eigenvalue weighted by molar-refractivity contribution is -0.117. The van der Waals surface area contributed by atoms with Crippen LogP contribution in [0.1, 0.15) is 28.4 Å². The number of ketones is 1. The number of hydrogen-bond acceptors (Lipinski definition) is 5. The van der Waals surface area contributed by atoms with E-state index in [2.05, 4.69) is 22.1 Å². The number of phenolic OH excluding ortho intramolecular Hbond substituents is 1. The van der Waals surface area contributed by atoms with Gasteiger partial charge in [-0.3, -0.25) is 9.59 Å². The minimum atomic E-state index is -0.286. The topological polar surface area (TPSA) is 91.1 Å². The molecule has 30 heavy (non-hydrogen) atoms. The Bertz CT molecular complexity index is 1100. The van der Waals surface area contributed by atoms with Crippen molar-refractivity contribution in [3.63, 3.8) is 0 Å². The summed E-state index contributed by atoms with van der Waals surface area (Å²) in [6, 6.07) is 20.5. The third-order valence-corrected chi connectivity index (χ3v) is 4.32. The van der Waals surface area contributed by atoms with E-state index in [-0.39, 0.29) is 23.0 Å². The molecule has 0 radical (unpaired) electrons. The van der Waals surface area contributed by atoms with Gasteiger partial charge in [-0.05, 0) is 42.8 Å². The Labute approximate surface area is 174 Å². The molecule has 0 aliphatic rings. The zero-order valence-corrected chi connectivity index (χ0v) is 16.5. The average Bonchev–Trinajstić information content (AvgIpc) is 2.77. The maximum atomic E-state index is 12.6. The smallest absolute Gasteiger partial charge is 0.246 e. The molecule has 0 atom stereocenters. The molecule has 3 rings (SSSR count). The van der Waals surface area contributed by atoms with Crippen LogP contribution in [-0.4, -0.2) is 16.8 Å². The summed E-state index contributed by atoms with van der Waals surface area (Å²) in [6.45, 7) is 5.65. The highest BCUT2D eigenvalue weighted by molar-refractivity contribution is 6.11. The van der Waals surface area contributed by atoms with Gasteiger partial charge in [-0.2, -0.15) is 10.2 Å². The monoisotopic (exact) mass is 399 g/mol. The molecule has 0 aliphatic carbocycles. The van der Waals surface area contributed by atoms with E-state index >= 15 is 0 Å². The molecule has 0 saturated heterocycles.